The maximum Gasteiger partial charge on any atom is 0.357 e. The molecular formula is C13H8N3O4S2-. The fourth-order valence-corrected chi connectivity index (χ4v) is 3.52. The van der Waals surface area contributed by atoms with Crippen molar-refractivity contribution in [3.8, 4) is 0 Å². The van der Waals surface area contributed by atoms with Crippen molar-refractivity contribution in [2.24, 2.45) is 0 Å². The molecule has 0 amide bonds. The van der Waals surface area contributed by atoms with Gasteiger partial charge in [0.2, 0.25) is 0 Å². The number of hydrogen-bond acceptors (Lipinski definition) is 6. The number of carboxylic acids is 1. The Bertz CT molecular complexity index is 880. The van der Waals surface area contributed by atoms with E-state index in [1.54, 1.807) is 36.5 Å². The fourth-order valence-electron chi connectivity index (χ4n) is 1.99. The number of thiazole rings is 1. The molecular weight excluding hydrogens is 326 g/mol. The highest BCUT2D eigenvalue weighted by atomic mass is 32.2. The fraction of sp³-hybridized carbons (Fsp3) is 0. The van der Waals surface area contributed by atoms with Crippen molar-refractivity contribution in [1.29, 1.82) is 0 Å². The van der Waals surface area contributed by atoms with E-state index in [1.165, 1.54) is 5.51 Å². The number of nitrogens with zero attached hydrogens (tertiary/aromatic N) is 3. The molecule has 112 valence electrons. The summed E-state index contributed by atoms with van der Waals surface area (Å²) in [5.41, 5.74) is 2.02. The van der Waals surface area contributed by atoms with Gasteiger partial charge in [-0.05, 0) is 24.3 Å². The lowest BCUT2D eigenvalue weighted by Crippen LogP contribution is -2.20. The van der Waals surface area contributed by atoms with E-state index in [4.69, 9.17) is 5.11 Å². The molecule has 3 aromatic rings. The highest BCUT2D eigenvalue weighted by Gasteiger charge is 2.22. The van der Waals surface area contributed by atoms with Gasteiger partial charge in [-0.1, -0.05) is 6.07 Å². The second-order valence-electron chi connectivity index (χ2n) is 4.20. The minimum absolute atomic E-state index is 0.0315. The Morgan fingerprint density at radius 2 is 2.14 bits per heavy atom. The van der Waals surface area contributed by atoms with Crippen LogP contribution in [0.15, 0.2) is 42.0 Å². The Labute approximate surface area is 131 Å². The number of pyridine rings is 1. The third-order valence-electron chi connectivity index (χ3n) is 2.91. The Hall–Kier alpha value is -2.36. The zero-order valence-electron chi connectivity index (χ0n) is 10.9. The van der Waals surface area contributed by atoms with E-state index in [-0.39, 0.29) is 10.7 Å². The van der Waals surface area contributed by atoms with E-state index in [2.05, 4.69) is 9.97 Å². The van der Waals surface area contributed by atoms with Crippen LogP contribution in [0.25, 0.3) is 10.9 Å². The molecule has 0 bridgehead atoms. The maximum atomic E-state index is 11.6. The third kappa shape index (κ3) is 2.56. The molecule has 0 aliphatic carbocycles. The first-order valence-corrected chi connectivity index (χ1v) is 7.90. The minimum atomic E-state index is -2.68. The average Bonchev–Trinajstić information content (AvgIpc) is 2.96. The topological polar surface area (TPSA) is 106 Å². The van der Waals surface area contributed by atoms with E-state index in [0.29, 0.717) is 11.2 Å². The van der Waals surface area contributed by atoms with Crippen molar-refractivity contribution < 1.29 is 18.7 Å². The lowest BCUT2D eigenvalue weighted by Gasteiger charge is -2.25. The zero-order valence-corrected chi connectivity index (χ0v) is 12.5. The molecule has 0 aliphatic heterocycles. The molecule has 0 radical (unpaired) electrons. The molecule has 0 saturated heterocycles. The lowest BCUT2D eigenvalue weighted by atomic mass is 10.2. The molecule has 1 unspecified atom stereocenters. The maximum absolute atomic E-state index is 11.6. The first kappa shape index (κ1) is 14.6. The van der Waals surface area contributed by atoms with Gasteiger partial charge in [-0.25, -0.2) is 9.78 Å². The summed E-state index contributed by atoms with van der Waals surface area (Å²) in [6.45, 7) is 0. The van der Waals surface area contributed by atoms with Crippen LogP contribution in [-0.4, -0.2) is 29.8 Å². The SMILES string of the molecule is O=C(O)c1ncsc1N(c1ccc2ncccc2c1)S(=O)[O-]. The number of benzene rings is 1. The van der Waals surface area contributed by atoms with Gasteiger partial charge in [0.25, 0.3) is 0 Å². The Morgan fingerprint density at radius 1 is 1.32 bits per heavy atom. The molecule has 2 heterocycles. The van der Waals surface area contributed by atoms with Crippen molar-refractivity contribution in [3.63, 3.8) is 0 Å². The summed E-state index contributed by atoms with van der Waals surface area (Å²) in [6, 6.07) is 8.40. The van der Waals surface area contributed by atoms with Crippen LogP contribution in [0.1, 0.15) is 10.5 Å². The summed E-state index contributed by atoms with van der Waals surface area (Å²) in [5.74, 6) is -1.28. The minimum Gasteiger partial charge on any atom is -0.755 e. The highest BCUT2D eigenvalue weighted by Crippen LogP contribution is 2.34. The number of anilines is 2. The molecule has 1 atom stereocenters. The molecule has 1 N–H and O–H groups in total. The lowest BCUT2D eigenvalue weighted by molar-refractivity contribution is 0.0692. The van der Waals surface area contributed by atoms with Crippen molar-refractivity contribution in [2.45, 2.75) is 0 Å². The van der Waals surface area contributed by atoms with Gasteiger partial charge in [-0.3, -0.25) is 13.5 Å². The molecule has 22 heavy (non-hydrogen) atoms. The molecule has 2 aromatic heterocycles. The predicted octanol–water partition coefficient (Wildman–Crippen LogP) is 2.32. The Balaban J connectivity index is 2.16. The molecule has 0 fully saturated rings. The van der Waals surface area contributed by atoms with Crippen LogP contribution >= 0.6 is 11.3 Å². The van der Waals surface area contributed by atoms with Crippen molar-refractivity contribution in [1.82, 2.24) is 9.97 Å². The van der Waals surface area contributed by atoms with Gasteiger partial charge in [-0.15, -0.1) is 11.3 Å². The van der Waals surface area contributed by atoms with Crippen LogP contribution in [0.2, 0.25) is 0 Å². The molecule has 0 spiro atoms. The predicted molar refractivity (Wildman–Crippen MR) is 81.9 cm³/mol. The van der Waals surface area contributed by atoms with Crippen LogP contribution in [0.5, 0.6) is 0 Å². The number of rotatable bonds is 4. The van der Waals surface area contributed by atoms with E-state index in [1.807, 2.05) is 0 Å². The normalized spacial score (nSPS) is 12.2. The second-order valence-corrected chi connectivity index (χ2v) is 5.84. The Morgan fingerprint density at radius 3 is 2.86 bits per heavy atom. The van der Waals surface area contributed by atoms with E-state index in [9.17, 15) is 13.6 Å². The number of aromatic nitrogens is 2. The number of fused-ring (bicyclic) bond motifs is 1. The molecule has 9 heteroatoms. The Kier molecular flexibility index (Phi) is 3.84. The zero-order chi connectivity index (χ0) is 15.7. The number of aromatic carboxylic acids is 1. The third-order valence-corrected chi connectivity index (χ3v) is 4.52. The van der Waals surface area contributed by atoms with E-state index >= 15 is 0 Å². The van der Waals surface area contributed by atoms with Gasteiger partial charge >= 0.3 is 5.97 Å². The summed E-state index contributed by atoms with van der Waals surface area (Å²) in [6.07, 6.45) is 1.64. The summed E-state index contributed by atoms with van der Waals surface area (Å²) >= 11 is -1.74. The molecule has 3 rings (SSSR count). The highest BCUT2D eigenvalue weighted by molar-refractivity contribution is 7.81. The van der Waals surface area contributed by atoms with Crippen LogP contribution in [-0.2, 0) is 11.3 Å². The van der Waals surface area contributed by atoms with Gasteiger partial charge in [0.1, 0.15) is 5.00 Å². The quantitative estimate of drug-likeness (QED) is 0.734. The summed E-state index contributed by atoms with van der Waals surface area (Å²) in [7, 11) is 0. The largest absolute Gasteiger partial charge is 0.755 e. The van der Waals surface area contributed by atoms with E-state index in [0.717, 1.165) is 21.0 Å². The van der Waals surface area contributed by atoms with Crippen molar-refractivity contribution >= 4 is 50.2 Å². The number of carbonyl (C=O) groups is 1. The summed E-state index contributed by atoms with van der Waals surface area (Å²) in [5, 5.41) is 9.89. The van der Waals surface area contributed by atoms with Crippen LogP contribution in [0.4, 0.5) is 10.7 Å². The van der Waals surface area contributed by atoms with Gasteiger partial charge < -0.3 is 9.66 Å². The average molecular weight is 334 g/mol. The van der Waals surface area contributed by atoms with Crippen LogP contribution in [0, 0.1) is 0 Å². The van der Waals surface area contributed by atoms with Gasteiger partial charge in [0, 0.05) is 11.6 Å². The summed E-state index contributed by atoms with van der Waals surface area (Å²) in [4.78, 5) is 19.0. The van der Waals surface area contributed by atoms with Gasteiger partial charge in [-0.2, -0.15) is 0 Å². The van der Waals surface area contributed by atoms with Crippen LogP contribution in [0.3, 0.4) is 0 Å². The van der Waals surface area contributed by atoms with Gasteiger partial charge in [0.05, 0.1) is 28.0 Å². The van der Waals surface area contributed by atoms with Gasteiger partial charge in [0.15, 0.2) is 5.69 Å². The first-order chi connectivity index (χ1) is 10.6. The smallest absolute Gasteiger partial charge is 0.357 e. The number of carboxylic acid groups (broad SMARTS) is 1. The van der Waals surface area contributed by atoms with Crippen molar-refractivity contribution in [3.05, 3.63) is 47.7 Å². The van der Waals surface area contributed by atoms with Crippen LogP contribution < -0.4 is 4.31 Å². The first-order valence-electron chi connectivity index (χ1n) is 5.99. The second kappa shape index (κ2) is 5.79. The van der Waals surface area contributed by atoms with E-state index < -0.39 is 17.2 Å². The number of hydrogen-bond donors (Lipinski definition) is 1. The molecule has 1 aromatic carbocycles. The molecule has 0 aliphatic rings. The van der Waals surface area contributed by atoms with Crippen molar-refractivity contribution in [2.75, 3.05) is 4.31 Å². The molecule has 0 saturated carbocycles. The monoisotopic (exact) mass is 334 g/mol. The standard InChI is InChI=1S/C13H9N3O4S2/c17-13(18)11-12(21-7-15-11)16(22(19)20)9-3-4-10-8(6-9)2-1-5-14-10/h1-7H,(H,17,18)(H,19,20)/p-1. The summed E-state index contributed by atoms with van der Waals surface area (Å²) < 4.78 is 24.1. The molecule has 7 nitrogen and oxygen atoms in total.